The van der Waals surface area contributed by atoms with Crippen molar-refractivity contribution in [3.8, 4) is 11.3 Å². The third kappa shape index (κ3) is 4.58. The van der Waals surface area contributed by atoms with Crippen LogP contribution in [0.2, 0.25) is 0 Å². The van der Waals surface area contributed by atoms with Gasteiger partial charge >= 0.3 is 0 Å². The van der Waals surface area contributed by atoms with Crippen LogP contribution in [0, 0.1) is 6.92 Å². The fraction of sp³-hybridized carbons (Fsp3) is 0.250. The first-order valence-electron chi connectivity index (χ1n) is 8.64. The maximum absolute atomic E-state index is 4.67. The van der Waals surface area contributed by atoms with Crippen molar-refractivity contribution < 1.29 is 0 Å². The van der Waals surface area contributed by atoms with Crippen LogP contribution >= 0.6 is 15.9 Å². The second-order valence-electron chi connectivity index (χ2n) is 6.24. The van der Waals surface area contributed by atoms with Gasteiger partial charge in [0.15, 0.2) is 0 Å². The normalized spacial score (nSPS) is 11.8. The highest BCUT2D eigenvalue weighted by molar-refractivity contribution is 9.10. The first-order valence-corrected chi connectivity index (χ1v) is 9.43. The highest BCUT2D eigenvalue weighted by Crippen LogP contribution is 2.26. The zero-order chi connectivity index (χ0) is 18.5. The van der Waals surface area contributed by atoms with E-state index in [1.54, 1.807) is 12.4 Å². The van der Waals surface area contributed by atoms with Crippen LogP contribution in [-0.2, 0) is 0 Å². The summed E-state index contributed by atoms with van der Waals surface area (Å²) in [6, 6.07) is 12.3. The van der Waals surface area contributed by atoms with Crippen LogP contribution in [0.5, 0.6) is 0 Å². The molecule has 0 saturated carbocycles. The highest BCUT2D eigenvalue weighted by Gasteiger charge is 2.09. The zero-order valence-electron chi connectivity index (χ0n) is 15.1. The van der Waals surface area contributed by atoms with E-state index in [0.29, 0.717) is 12.0 Å². The Morgan fingerprint density at radius 3 is 2.54 bits per heavy atom. The molecule has 0 bridgehead atoms. The number of rotatable bonds is 6. The van der Waals surface area contributed by atoms with E-state index in [1.807, 2.05) is 30.3 Å². The lowest BCUT2D eigenvalue weighted by Gasteiger charge is -2.15. The number of pyridine rings is 1. The van der Waals surface area contributed by atoms with Gasteiger partial charge in [-0.05, 0) is 56.2 Å². The summed E-state index contributed by atoms with van der Waals surface area (Å²) in [5.41, 5.74) is 4.00. The zero-order valence-corrected chi connectivity index (χ0v) is 16.7. The smallest absolute Gasteiger partial charge is 0.225 e. The number of aryl methyl sites for hydroxylation is 1. The summed E-state index contributed by atoms with van der Waals surface area (Å²) in [6.07, 6.45) is 4.53. The summed E-state index contributed by atoms with van der Waals surface area (Å²) in [5, 5.41) is 6.75. The van der Waals surface area contributed by atoms with Gasteiger partial charge in [-0.1, -0.05) is 22.9 Å². The average Bonchev–Trinajstić information content (AvgIpc) is 2.65. The Kier molecular flexibility index (Phi) is 5.83. The predicted molar refractivity (Wildman–Crippen MR) is 111 cm³/mol. The molecule has 2 heterocycles. The molecule has 0 radical (unpaired) electrons. The van der Waals surface area contributed by atoms with Crippen molar-refractivity contribution in [3.05, 3.63) is 58.8 Å². The SMILES string of the molecule is CC[C@@H](C)Nc1nc(Nc2ccc(Br)c(C)c2)cc(-c2ccncc2)n1. The molecule has 0 saturated heterocycles. The van der Waals surface area contributed by atoms with Crippen LogP contribution in [0.25, 0.3) is 11.3 Å². The molecule has 1 atom stereocenters. The van der Waals surface area contributed by atoms with Gasteiger partial charge in [0, 0.05) is 40.2 Å². The Hall–Kier alpha value is -2.47. The van der Waals surface area contributed by atoms with Crippen molar-refractivity contribution in [1.82, 2.24) is 15.0 Å². The standard InChI is InChI=1S/C20H22BrN5/c1-4-14(3)23-20-25-18(15-7-9-22-10-8-15)12-19(26-20)24-16-5-6-17(21)13(2)11-16/h5-12,14H,4H2,1-3H3,(H2,23,24,25,26)/t14-/m1/s1. The maximum Gasteiger partial charge on any atom is 0.225 e. The molecule has 6 heteroatoms. The van der Waals surface area contributed by atoms with E-state index in [1.165, 1.54) is 0 Å². The van der Waals surface area contributed by atoms with Gasteiger partial charge in [-0.2, -0.15) is 4.98 Å². The van der Waals surface area contributed by atoms with Gasteiger partial charge in [0.05, 0.1) is 5.69 Å². The number of anilines is 3. The fourth-order valence-electron chi connectivity index (χ4n) is 2.44. The Labute approximate surface area is 162 Å². The van der Waals surface area contributed by atoms with Crippen LogP contribution in [-0.4, -0.2) is 21.0 Å². The third-order valence-electron chi connectivity index (χ3n) is 4.12. The van der Waals surface area contributed by atoms with Crippen molar-refractivity contribution in [2.75, 3.05) is 10.6 Å². The van der Waals surface area contributed by atoms with Crippen LogP contribution in [0.1, 0.15) is 25.8 Å². The second kappa shape index (κ2) is 8.27. The molecule has 0 aliphatic carbocycles. The van der Waals surface area contributed by atoms with E-state index in [9.17, 15) is 0 Å². The molecule has 3 aromatic rings. The van der Waals surface area contributed by atoms with E-state index in [2.05, 4.69) is 68.4 Å². The summed E-state index contributed by atoms with van der Waals surface area (Å²) in [6.45, 7) is 6.31. The van der Waals surface area contributed by atoms with E-state index in [0.717, 1.165) is 39.2 Å². The number of nitrogens with zero attached hydrogens (tertiary/aromatic N) is 3. The lowest BCUT2D eigenvalue weighted by Crippen LogP contribution is -2.16. The minimum atomic E-state index is 0.297. The van der Waals surface area contributed by atoms with Gasteiger partial charge in [-0.25, -0.2) is 4.98 Å². The molecule has 0 spiro atoms. The summed E-state index contributed by atoms with van der Waals surface area (Å²) >= 11 is 3.53. The van der Waals surface area contributed by atoms with Gasteiger partial charge in [0.25, 0.3) is 0 Å². The van der Waals surface area contributed by atoms with E-state index in [-0.39, 0.29) is 0 Å². The van der Waals surface area contributed by atoms with Crippen molar-refractivity contribution in [2.24, 2.45) is 0 Å². The summed E-state index contributed by atoms with van der Waals surface area (Å²) in [5.74, 6) is 1.37. The van der Waals surface area contributed by atoms with Gasteiger partial charge in [0.2, 0.25) is 5.95 Å². The molecule has 3 rings (SSSR count). The molecule has 2 aromatic heterocycles. The number of nitrogens with one attached hydrogen (secondary N) is 2. The molecule has 0 fully saturated rings. The topological polar surface area (TPSA) is 62.7 Å². The third-order valence-corrected chi connectivity index (χ3v) is 5.01. The van der Waals surface area contributed by atoms with E-state index in [4.69, 9.17) is 0 Å². The maximum atomic E-state index is 4.67. The molecular formula is C20H22BrN5. The van der Waals surface area contributed by atoms with E-state index >= 15 is 0 Å². The van der Waals surface area contributed by atoms with Crippen LogP contribution < -0.4 is 10.6 Å². The van der Waals surface area contributed by atoms with Crippen LogP contribution in [0.15, 0.2) is 53.3 Å². The minimum absolute atomic E-state index is 0.297. The van der Waals surface area contributed by atoms with Crippen LogP contribution in [0.4, 0.5) is 17.5 Å². The average molecular weight is 412 g/mol. The molecule has 5 nitrogen and oxygen atoms in total. The molecule has 134 valence electrons. The quantitative estimate of drug-likeness (QED) is 0.555. The van der Waals surface area contributed by atoms with Crippen molar-refractivity contribution in [1.29, 1.82) is 0 Å². The summed E-state index contributed by atoms with van der Waals surface area (Å²) in [7, 11) is 0. The first-order chi connectivity index (χ1) is 12.5. The van der Waals surface area contributed by atoms with Gasteiger partial charge in [-0.3, -0.25) is 4.98 Å². The Morgan fingerprint density at radius 2 is 1.85 bits per heavy atom. The van der Waals surface area contributed by atoms with Gasteiger partial charge < -0.3 is 10.6 Å². The molecule has 0 aliphatic heterocycles. The fourth-order valence-corrected chi connectivity index (χ4v) is 2.69. The van der Waals surface area contributed by atoms with Gasteiger partial charge in [-0.15, -0.1) is 0 Å². The minimum Gasteiger partial charge on any atom is -0.352 e. The van der Waals surface area contributed by atoms with Gasteiger partial charge in [0.1, 0.15) is 5.82 Å². The molecule has 2 N–H and O–H groups in total. The number of hydrogen-bond donors (Lipinski definition) is 2. The highest BCUT2D eigenvalue weighted by atomic mass is 79.9. The lowest BCUT2D eigenvalue weighted by atomic mass is 10.2. The molecule has 0 aliphatic rings. The van der Waals surface area contributed by atoms with Crippen molar-refractivity contribution >= 4 is 33.4 Å². The Morgan fingerprint density at radius 1 is 1.08 bits per heavy atom. The summed E-state index contributed by atoms with van der Waals surface area (Å²) < 4.78 is 1.09. The largest absolute Gasteiger partial charge is 0.352 e. The molecule has 0 unspecified atom stereocenters. The number of hydrogen-bond acceptors (Lipinski definition) is 5. The van der Waals surface area contributed by atoms with Crippen LogP contribution in [0.3, 0.4) is 0 Å². The van der Waals surface area contributed by atoms with Crippen molar-refractivity contribution in [2.45, 2.75) is 33.2 Å². The lowest BCUT2D eigenvalue weighted by molar-refractivity contribution is 0.753. The Balaban J connectivity index is 1.97. The van der Waals surface area contributed by atoms with E-state index < -0.39 is 0 Å². The first kappa shape index (κ1) is 18.3. The summed E-state index contributed by atoms with van der Waals surface area (Å²) in [4.78, 5) is 13.4. The molecule has 0 amide bonds. The molecule has 26 heavy (non-hydrogen) atoms. The monoisotopic (exact) mass is 411 g/mol. The second-order valence-corrected chi connectivity index (χ2v) is 7.09. The molecule has 1 aromatic carbocycles. The van der Waals surface area contributed by atoms with Crippen molar-refractivity contribution in [3.63, 3.8) is 0 Å². The Bertz CT molecular complexity index is 883. The number of halogens is 1. The molecular weight excluding hydrogens is 390 g/mol. The number of benzene rings is 1. The number of aromatic nitrogens is 3. The predicted octanol–water partition coefficient (Wildman–Crippen LogP) is 5.56.